The Bertz CT molecular complexity index is 497. The van der Waals surface area contributed by atoms with E-state index in [9.17, 15) is 19.5 Å². The Morgan fingerprint density at radius 1 is 1.12 bits per heavy atom. The second-order valence-electron chi connectivity index (χ2n) is 7.74. The summed E-state index contributed by atoms with van der Waals surface area (Å²) < 4.78 is 0. The summed E-state index contributed by atoms with van der Waals surface area (Å²) in [5.41, 5.74) is 0. The zero-order valence-corrected chi connectivity index (χ0v) is 16.1. The van der Waals surface area contributed by atoms with Crippen LogP contribution in [-0.2, 0) is 9.59 Å². The van der Waals surface area contributed by atoms with Crippen LogP contribution < -0.4 is 16.0 Å². The molecule has 5 N–H and O–H groups in total. The predicted octanol–water partition coefficient (Wildman–Crippen LogP) is 0.944. The normalized spacial score (nSPS) is 25.2. The number of carbonyl (C=O) groups excluding carboxylic acids is 2. The second-order valence-corrected chi connectivity index (χ2v) is 7.74. The molecule has 8 heteroatoms. The summed E-state index contributed by atoms with van der Waals surface area (Å²) in [5.74, 6) is 0.632. The highest BCUT2D eigenvalue weighted by Gasteiger charge is 2.35. The van der Waals surface area contributed by atoms with Crippen molar-refractivity contribution in [2.24, 2.45) is 23.7 Å². The van der Waals surface area contributed by atoms with Gasteiger partial charge in [-0.25, -0.2) is 4.79 Å². The maximum absolute atomic E-state index is 12.6. The van der Waals surface area contributed by atoms with Crippen LogP contribution in [0.4, 0.5) is 4.79 Å². The van der Waals surface area contributed by atoms with Crippen molar-refractivity contribution in [1.29, 1.82) is 0 Å². The van der Waals surface area contributed by atoms with E-state index in [1.807, 2.05) is 5.32 Å². The zero-order valence-electron chi connectivity index (χ0n) is 16.1. The van der Waals surface area contributed by atoms with E-state index in [1.165, 1.54) is 6.92 Å². The van der Waals surface area contributed by atoms with Gasteiger partial charge in [-0.15, -0.1) is 0 Å². The van der Waals surface area contributed by atoms with E-state index in [0.29, 0.717) is 17.8 Å². The molecule has 1 aliphatic rings. The van der Waals surface area contributed by atoms with E-state index in [-0.39, 0.29) is 25.0 Å². The highest BCUT2D eigenvalue weighted by molar-refractivity contribution is 5.85. The number of nitrogens with one attached hydrogen (secondary N) is 3. The summed E-state index contributed by atoms with van der Waals surface area (Å²) in [5, 5.41) is 25.5. The van der Waals surface area contributed by atoms with Gasteiger partial charge < -0.3 is 26.2 Å². The molecule has 0 bridgehead atoms. The summed E-state index contributed by atoms with van der Waals surface area (Å²) in [6.45, 7) is 7.59. The molecule has 26 heavy (non-hydrogen) atoms. The SMILES string of the molecule is CC(C)[C@@H]1CC[C@@H](C)C[C@H]1C(=O)NC[C@H](CO)NC(=O)[C@@H](C)NC(=O)O. The molecular weight excluding hydrogens is 338 g/mol. The molecule has 150 valence electrons. The van der Waals surface area contributed by atoms with Crippen molar-refractivity contribution in [2.75, 3.05) is 13.2 Å². The average Bonchev–Trinajstić information content (AvgIpc) is 2.56. The highest BCUT2D eigenvalue weighted by Crippen LogP contribution is 2.38. The highest BCUT2D eigenvalue weighted by atomic mass is 16.4. The van der Waals surface area contributed by atoms with Crippen molar-refractivity contribution >= 4 is 17.9 Å². The van der Waals surface area contributed by atoms with Gasteiger partial charge in [0.1, 0.15) is 6.04 Å². The van der Waals surface area contributed by atoms with E-state index in [4.69, 9.17) is 5.11 Å². The summed E-state index contributed by atoms with van der Waals surface area (Å²) >= 11 is 0. The Balaban J connectivity index is 2.56. The Hall–Kier alpha value is -1.83. The molecule has 8 nitrogen and oxygen atoms in total. The summed E-state index contributed by atoms with van der Waals surface area (Å²) in [6, 6.07) is -1.61. The van der Waals surface area contributed by atoms with Crippen molar-refractivity contribution in [3.63, 3.8) is 0 Å². The van der Waals surface area contributed by atoms with Gasteiger partial charge in [-0.1, -0.05) is 27.2 Å². The van der Waals surface area contributed by atoms with Gasteiger partial charge in [0, 0.05) is 12.5 Å². The van der Waals surface area contributed by atoms with Gasteiger partial charge in [0.15, 0.2) is 0 Å². The molecule has 0 unspecified atom stereocenters. The third-order valence-electron chi connectivity index (χ3n) is 5.18. The van der Waals surface area contributed by atoms with Gasteiger partial charge >= 0.3 is 6.09 Å². The fourth-order valence-corrected chi connectivity index (χ4v) is 3.60. The first-order valence-electron chi connectivity index (χ1n) is 9.34. The number of hydrogen-bond acceptors (Lipinski definition) is 4. The number of aliphatic hydroxyl groups excluding tert-OH is 1. The summed E-state index contributed by atoms with van der Waals surface area (Å²) in [4.78, 5) is 35.1. The fourth-order valence-electron chi connectivity index (χ4n) is 3.60. The smallest absolute Gasteiger partial charge is 0.405 e. The van der Waals surface area contributed by atoms with Crippen LogP contribution in [-0.4, -0.2) is 53.4 Å². The Morgan fingerprint density at radius 2 is 1.77 bits per heavy atom. The number of carbonyl (C=O) groups is 3. The lowest BCUT2D eigenvalue weighted by Crippen LogP contribution is -2.53. The molecule has 1 fully saturated rings. The fraction of sp³-hybridized carbons (Fsp3) is 0.833. The third-order valence-corrected chi connectivity index (χ3v) is 5.18. The molecule has 1 saturated carbocycles. The molecule has 0 heterocycles. The summed E-state index contributed by atoms with van der Waals surface area (Å²) in [7, 11) is 0. The van der Waals surface area contributed by atoms with Crippen LogP contribution in [0, 0.1) is 23.7 Å². The van der Waals surface area contributed by atoms with Gasteiger partial charge in [-0.3, -0.25) is 9.59 Å². The first kappa shape index (κ1) is 22.2. The predicted molar refractivity (Wildman–Crippen MR) is 97.5 cm³/mol. The van der Waals surface area contributed by atoms with E-state index >= 15 is 0 Å². The molecule has 0 saturated heterocycles. The van der Waals surface area contributed by atoms with Crippen molar-refractivity contribution in [3.8, 4) is 0 Å². The molecule has 0 aliphatic heterocycles. The van der Waals surface area contributed by atoms with Gasteiger partial charge in [0.05, 0.1) is 12.6 Å². The maximum Gasteiger partial charge on any atom is 0.405 e. The monoisotopic (exact) mass is 371 g/mol. The average molecular weight is 371 g/mol. The quantitative estimate of drug-likeness (QED) is 0.434. The van der Waals surface area contributed by atoms with Crippen molar-refractivity contribution in [1.82, 2.24) is 16.0 Å². The molecule has 1 rings (SSSR count). The molecule has 5 atom stereocenters. The molecule has 1 aliphatic carbocycles. The number of carboxylic acid groups (broad SMARTS) is 1. The van der Waals surface area contributed by atoms with E-state index in [0.717, 1.165) is 19.3 Å². The van der Waals surface area contributed by atoms with E-state index in [2.05, 4.69) is 31.4 Å². The number of hydrogen-bond donors (Lipinski definition) is 5. The molecule has 0 aromatic carbocycles. The third kappa shape index (κ3) is 6.82. The molecular formula is C18H33N3O5. The topological polar surface area (TPSA) is 128 Å². The van der Waals surface area contributed by atoms with Crippen LogP contribution >= 0.6 is 0 Å². The van der Waals surface area contributed by atoms with Crippen molar-refractivity contribution in [2.45, 2.75) is 59.0 Å². The van der Waals surface area contributed by atoms with Crippen LogP contribution in [0.1, 0.15) is 47.0 Å². The van der Waals surface area contributed by atoms with Gasteiger partial charge in [-0.2, -0.15) is 0 Å². The van der Waals surface area contributed by atoms with Crippen molar-refractivity contribution in [3.05, 3.63) is 0 Å². The van der Waals surface area contributed by atoms with Gasteiger partial charge in [0.25, 0.3) is 0 Å². The van der Waals surface area contributed by atoms with Crippen LogP contribution in [0.15, 0.2) is 0 Å². The molecule has 3 amide bonds. The number of aliphatic hydroxyl groups is 1. The minimum atomic E-state index is -1.30. The second kappa shape index (κ2) is 10.4. The largest absolute Gasteiger partial charge is 0.465 e. The Morgan fingerprint density at radius 3 is 2.31 bits per heavy atom. The first-order chi connectivity index (χ1) is 12.1. The van der Waals surface area contributed by atoms with Crippen LogP contribution in [0.25, 0.3) is 0 Å². The summed E-state index contributed by atoms with van der Waals surface area (Å²) in [6.07, 6.45) is 1.73. The van der Waals surface area contributed by atoms with Gasteiger partial charge in [-0.05, 0) is 37.5 Å². The van der Waals surface area contributed by atoms with Crippen molar-refractivity contribution < 1.29 is 24.6 Å². The minimum Gasteiger partial charge on any atom is -0.465 e. The standard InChI is InChI=1S/C18H33N3O5/c1-10(2)14-6-5-11(3)7-15(14)17(24)19-8-13(9-22)21-16(23)12(4)20-18(25)26/h10-15,20,22H,5-9H2,1-4H3,(H,19,24)(H,21,23)(H,25,26)/t11-,12-,13-,14+,15-/m1/s1. The lowest BCUT2D eigenvalue weighted by molar-refractivity contribution is -0.130. The first-order valence-corrected chi connectivity index (χ1v) is 9.34. The lowest BCUT2D eigenvalue weighted by atomic mass is 9.70. The molecule has 0 spiro atoms. The van der Waals surface area contributed by atoms with Gasteiger partial charge in [0.2, 0.25) is 11.8 Å². The lowest BCUT2D eigenvalue weighted by Gasteiger charge is -2.36. The molecule has 0 aromatic rings. The minimum absolute atomic E-state index is 0.0420. The Labute approximate surface area is 155 Å². The number of amides is 3. The molecule has 0 radical (unpaired) electrons. The van der Waals surface area contributed by atoms with Crippen LogP contribution in [0.5, 0.6) is 0 Å². The maximum atomic E-state index is 12.6. The van der Waals surface area contributed by atoms with E-state index in [1.54, 1.807) is 0 Å². The van der Waals surface area contributed by atoms with Crippen LogP contribution in [0.3, 0.4) is 0 Å². The Kier molecular flexibility index (Phi) is 8.84. The zero-order chi connectivity index (χ0) is 19.9. The number of rotatable bonds is 8. The van der Waals surface area contributed by atoms with Crippen LogP contribution in [0.2, 0.25) is 0 Å². The van der Waals surface area contributed by atoms with E-state index < -0.39 is 24.1 Å². The molecule has 0 aromatic heterocycles.